The number of hydrogen-bond acceptors (Lipinski definition) is 3. The Morgan fingerprint density at radius 1 is 1.30 bits per heavy atom. The van der Waals surface area contributed by atoms with Crippen molar-refractivity contribution in [1.82, 2.24) is 5.32 Å². The minimum atomic E-state index is -1.57. The third-order valence-electron chi connectivity index (χ3n) is 2.43. The molecule has 108 valence electrons. The van der Waals surface area contributed by atoms with Gasteiger partial charge in [-0.25, -0.2) is 14.0 Å². The van der Waals surface area contributed by atoms with Crippen LogP contribution in [0, 0.1) is 12.7 Å². The Balaban J connectivity index is 2.72. The van der Waals surface area contributed by atoms with Crippen molar-refractivity contribution in [3.63, 3.8) is 0 Å². The Kier molecular flexibility index (Phi) is 5.01. The summed E-state index contributed by atoms with van der Waals surface area (Å²) in [6.45, 7) is 1.63. The second-order valence-corrected chi connectivity index (χ2v) is 4.05. The molecule has 20 heavy (non-hydrogen) atoms. The van der Waals surface area contributed by atoms with Crippen LogP contribution in [0.25, 0.3) is 0 Å². The van der Waals surface area contributed by atoms with Gasteiger partial charge in [0.05, 0.1) is 6.42 Å². The molecule has 1 atom stereocenters. The van der Waals surface area contributed by atoms with E-state index in [1.54, 1.807) is 6.92 Å². The van der Waals surface area contributed by atoms with E-state index < -0.39 is 36.2 Å². The minimum Gasteiger partial charge on any atom is -0.481 e. The van der Waals surface area contributed by atoms with E-state index in [1.165, 1.54) is 12.1 Å². The molecule has 0 spiro atoms. The first-order valence-corrected chi connectivity index (χ1v) is 5.58. The highest BCUT2D eigenvalue weighted by molar-refractivity contribution is 5.93. The summed E-state index contributed by atoms with van der Waals surface area (Å²) in [4.78, 5) is 32.8. The highest BCUT2D eigenvalue weighted by Crippen LogP contribution is 2.15. The number of carbonyl (C=O) groups excluding carboxylic acids is 1. The molecule has 0 heterocycles. The van der Waals surface area contributed by atoms with Gasteiger partial charge in [0.25, 0.3) is 0 Å². The summed E-state index contributed by atoms with van der Waals surface area (Å²) in [6, 6.07) is 1.23. The lowest BCUT2D eigenvalue weighted by atomic mass is 10.2. The SMILES string of the molecule is Cc1ccc(F)cc1NC(=O)N[C@@H](CC(=O)O)C(=O)O. The molecule has 7 nitrogen and oxygen atoms in total. The number of urea groups is 1. The number of rotatable bonds is 5. The summed E-state index contributed by atoms with van der Waals surface area (Å²) in [5, 5.41) is 21.6. The minimum absolute atomic E-state index is 0.168. The van der Waals surface area contributed by atoms with E-state index in [-0.39, 0.29) is 5.69 Å². The van der Waals surface area contributed by atoms with Crippen LogP contribution in [0.3, 0.4) is 0 Å². The predicted molar refractivity (Wildman–Crippen MR) is 67.0 cm³/mol. The molecule has 0 bridgehead atoms. The number of carboxylic acid groups (broad SMARTS) is 2. The highest BCUT2D eigenvalue weighted by atomic mass is 19.1. The number of carboxylic acids is 2. The third kappa shape index (κ3) is 4.56. The molecule has 1 rings (SSSR count). The fourth-order valence-electron chi connectivity index (χ4n) is 1.42. The van der Waals surface area contributed by atoms with Crippen LogP contribution in [0.2, 0.25) is 0 Å². The number of carbonyl (C=O) groups is 3. The van der Waals surface area contributed by atoms with E-state index in [1.807, 2.05) is 5.32 Å². The van der Waals surface area contributed by atoms with Crippen LogP contribution >= 0.6 is 0 Å². The maximum Gasteiger partial charge on any atom is 0.326 e. The average molecular weight is 284 g/mol. The highest BCUT2D eigenvalue weighted by Gasteiger charge is 2.23. The fraction of sp³-hybridized carbons (Fsp3) is 0.250. The number of amides is 2. The summed E-state index contributed by atoms with van der Waals surface area (Å²) in [5.74, 6) is -3.40. The predicted octanol–water partition coefficient (Wildman–Crippen LogP) is 1.18. The van der Waals surface area contributed by atoms with Crippen molar-refractivity contribution >= 4 is 23.7 Å². The molecule has 2 amide bonds. The summed E-state index contributed by atoms with van der Waals surface area (Å²) in [7, 11) is 0. The van der Waals surface area contributed by atoms with Gasteiger partial charge in [0.1, 0.15) is 11.9 Å². The van der Waals surface area contributed by atoms with Crippen LogP contribution in [0.15, 0.2) is 18.2 Å². The van der Waals surface area contributed by atoms with E-state index in [9.17, 15) is 18.8 Å². The van der Waals surface area contributed by atoms with E-state index in [4.69, 9.17) is 10.2 Å². The number of aliphatic carboxylic acids is 2. The monoisotopic (exact) mass is 284 g/mol. The Morgan fingerprint density at radius 3 is 2.50 bits per heavy atom. The molecule has 0 radical (unpaired) electrons. The summed E-state index contributed by atoms with van der Waals surface area (Å²) >= 11 is 0. The van der Waals surface area contributed by atoms with Crippen molar-refractivity contribution in [2.45, 2.75) is 19.4 Å². The summed E-state index contributed by atoms with van der Waals surface area (Å²) in [6.07, 6.45) is -0.759. The smallest absolute Gasteiger partial charge is 0.326 e. The van der Waals surface area contributed by atoms with Gasteiger partial charge in [-0.1, -0.05) is 6.07 Å². The second kappa shape index (κ2) is 6.50. The molecule has 0 aliphatic rings. The van der Waals surface area contributed by atoms with E-state index in [0.717, 1.165) is 6.07 Å². The van der Waals surface area contributed by atoms with Crippen molar-refractivity contribution in [3.8, 4) is 0 Å². The van der Waals surface area contributed by atoms with Crippen LogP contribution in [0.4, 0.5) is 14.9 Å². The van der Waals surface area contributed by atoms with Gasteiger partial charge in [0.2, 0.25) is 0 Å². The van der Waals surface area contributed by atoms with E-state index in [2.05, 4.69) is 5.32 Å². The lowest BCUT2D eigenvalue weighted by molar-refractivity contribution is -0.145. The van der Waals surface area contributed by atoms with Gasteiger partial charge in [-0.2, -0.15) is 0 Å². The largest absolute Gasteiger partial charge is 0.481 e. The van der Waals surface area contributed by atoms with Crippen LogP contribution in [0.1, 0.15) is 12.0 Å². The maximum absolute atomic E-state index is 13.0. The van der Waals surface area contributed by atoms with Gasteiger partial charge >= 0.3 is 18.0 Å². The van der Waals surface area contributed by atoms with Gasteiger partial charge < -0.3 is 20.8 Å². The van der Waals surface area contributed by atoms with Gasteiger partial charge in [0, 0.05) is 5.69 Å². The zero-order chi connectivity index (χ0) is 15.3. The van der Waals surface area contributed by atoms with Crippen molar-refractivity contribution in [2.24, 2.45) is 0 Å². The molecule has 0 saturated carbocycles. The van der Waals surface area contributed by atoms with Gasteiger partial charge in [0.15, 0.2) is 0 Å². The number of hydrogen-bond donors (Lipinski definition) is 4. The molecular formula is C12H13FN2O5. The summed E-state index contributed by atoms with van der Waals surface area (Å²) in [5.41, 5.74) is 0.744. The van der Waals surface area contributed by atoms with Gasteiger partial charge in [-0.05, 0) is 24.6 Å². The molecular weight excluding hydrogens is 271 g/mol. The number of anilines is 1. The van der Waals surface area contributed by atoms with Crippen molar-refractivity contribution in [3.05, 3.63) is 29.6 Å². The molecule has 0 aromatic heterocycles. The standard InChI is InChI=1S/C12H13FN2O5/c1-6-2-3-7(13)4-8(6)14-12(20)15-9(11(18)19)5-10(16)17/h2-4,9H,5H2,1H3,(H,16,17)(H,18,19)(H2,14,15,20)/t9-/m0/s1. The molecule has 0 aliphatic carbocycles. The van der Waals surface area contributed by atoms with Gasteiger partial charge in [-0.3, -0.25) is 4.79 Å². The van der Waals surface area contributed by atoms with Crippen molar-refractivity contribution < 1.29 is 29.0 Å². The number of nitrogens with one attached hydrogen (secondary N) is 2. The first-order valence-electron chi connectivity index (χ1n) is 5.58. The average Bonchev–Trinajstić information content (AvgIpc) is 2.32. The molecule has 0 unspecified atom stereocenters. The van der Waals surface area contributed by atoms with Crippen LogP contribution in [-0.4, -0.2) is 34.2 Å². The summed E-state index contributed by atoms with van der Waals surface area (Å²) < 4.78 is 13.0. The van der Waals surface area contributed by atoms with Crippen molar-refractivity contribution in [1.29, 1.82) is 0 Å². The quantitative estimate of drug-likeness (QED) is 0.648. The Bertz CT molecular complexity index is 547. The van der Waals surface area contributed by atoms with Gasteiger partial charge in [-0.15, -0.1) is 0 Å². The van der Waals surface area contributed by atoms with Crippen LogP contribution < -0.4 is 10.6 Å². The fourth-order valence-corrected chi connectivity index (χ4v) is 1.42. The number of aryl methyl sites for hydroxylation is 1. The zero-order valence-electron chi connectivity index (χ0n) is 10.5. The topological polar surface area (TPSA) is 116 Å². The van der Waals surface area contributed by atoms with Crippen molar-refractivity contribution in [2.75, 3.05) is 5.32 Å². The molecule has 0 aliphatic heterocycles. The number of halogens is 1. The third-order valence-corrected chi connectivity index (χ3v) is 2.43. The molecule has 0 saturated heterocycles. The van der Waals surface area contributed by atoms with E-state index in [0.29, 0.717) is 5.56 Å². The molecule has 4 N–H and O–H groups in total. The maximum atomic E-state index is 13.0. The molecule has 1 aromatic carbocycles. The lowest BCUT2D eigenvalue weighted by Gasteiger charge is -2.14. The Hall–Kier alpha value is -2.64. The first kappa shape index (κ1) is 15.4. The Morgan fingerprint density at radius 2 is 1.95 bits per heavy atom. The first-order chi connectivity index (χ1) is 9.29. The molecule has 0 fully saturated rings. The lowest BCUT2D eigenvalue weighted by Crippen LogP contribution is -2.44. The second-order valence-electron chi connectivity index (χ2n) is 4.05. The van der Waals surface area contributed by atoms with Crippen LogP contribution in [0.5, 0.6) is 0 Å². The molecule has 8 heteroatoms. The van der Waals surface area contributed by atoms with E-state index >= 15 is 0 Å². The van der Waals surface area contributed by atoms with Crippen LogP contribution in [-0.2, 0) is 9.59 Å². The number of benzene rings is 1. The molecule has 1 aromatic rings. The zero-order valence-corrected chi connectivity index (χ0v) is 10.5. The normalized spacial score (nSPS) is 11.5. The Labute approximate surface area is 113 Å².